The van der Waals surface area contributed by atoms with Crippen molar-refractivity contribution >= 4 is 5.97 Å². The second-order valence-electron chi connectivity index (χ2n) is 4.73. The third kappa shape index (κ3) is 3.90. The van der Waals surface area contributed by atoms with Gasteiger partial charge in [0.1, 0.15) is 11.5 Å². The van der Waals surface area contributed by atoms with Crippen molar-refractivity contribution in [2.24, 2.45) is 0 Å². The van der Waals surface area contributed by atoms with Gasteiger partial charge in [-0.2, -0.15) is 0 Å². The molecule has 3 heteroatoms. The Kier molecular flexibility index (Phi) is 5.96. The van der Waals surface area contributed by atoms with E-state index in [9.17, 15) is 4.79 Å². The minimum Gasteiger partial charge on any atom is -0.469 e. The summed E-state index contributed by atoms with van der Waals surface area (Å²) in [5, 5.41) is 0. The molecule has 0 N–H and O–H groups in total. The van der Waals surface area contributed by atoms with E-state index < -0.39 is 0 Å². The average molecular weight is 252 g/mol. The number of ether oxygens (including phenoxy) is 1. The molecule has 1 aromatic heterocycles. The quantitative estimate of drug-likeness (QED) is 0.548. The molecular weight excluding hydrogens is 228 g/mol. The van der Waals surface area contributed by atoms with Gasteiger partial charge in [0.15, 0.2) is 0 Å². The predicted octanol–water partition coefficient (Wildman–Crippen LogP) is 3.73. The predicted molar refractivity (Wildman–Crippen MR) is 71.7 cm³/mol. The largest absolute Gasteiger partial charge is 0.469 e. The average Bonchev–Trinajstić information content (AvgIpc) is 2.64. The van der Waals surface area contributed by atoms with Gasteiger partial charge in [-0.25, -0.2) is 0 Å². The summed E-state index contributed by atoms with van der Waals surface area (Å²) >= 11 is 0. The first kappa shape index (κ1) is 14.8. The third-order valence-corrected chi connectivity index (χ3v) is 3.44. The number of esters is 1. The van der Waals surface area contributed by atoms with Gasteiger partial charge in [-0.05, 0) is 31.4 Å². The summed E-state index contributed by atoms with van der Waals surface area (Å²) < 4.78 is 10.5. The van der Waals surface area contributed by atoms with E-state index in [0.29, 0.717) is 12.8 Å². The Bertz CT molecular complexity index is 391. The van der Waals surface area contributed by atoms with E-state index in [2.05, 4.69) is 25.5 Å². The Labute approximate surface area is 110 Å². The molecule has 0 aliphatic heterocycles. The van der Waals surface area contributed by atoms with Gasteiger partial charge in [0, 0.05) is 12.8 Å². The molecular formula is C15H24O3. The number of hydrogen-bond donors (Lipinski definition) is 0. The van der Waals surface area contributed by atoms with Crippen molar-refractivity contribution in [3.8, 4) is 0 Å². The Hall–Kier alpha value is -1.25. The summed E-state index contributed by atoms with van der Waals surface area (Å²) in [6.07, 6.45) is 5.63. The van der Waals surface area contributed by atoms with Crippen LogP contribution in [0.25, 0.3) is 0 Å². The molecule has 0 bridgehead atoms. The van der Waals surface area contributed by atoms with Crippen molar-refractivity contribution in [2.45, 2.75) is 59.3 Å². The van der Waals surface area contributed by atoms with Gasteiger partial charge < -0.3 is 9.15 Å². The summed E-state index contributed by atoms with van der Waals surface area (Å²) in [4.78, 5) is 11.1. The minimum atomic E-state index is -0.184. The highest BCUT2D eigenvalue weighted by Gasteiger charge is 2.14. The van der Waals surface area contributed by atoms with Crippen LogP contribution in [0, 0.1) is 13.8 Å². The maximum Gasteiger partial charge on any atom is 0.305 e. The smallest absolute Gasteiger partial charge is 0.305 e. The summed E-state index contributed by atoms with van der Waals surface area (Å²) in [5.41, 5.74) is 2.43. The molecule has 0 amide bonds. The lowest BCUT2D eigenvalue weighted by atomic mass is 10.1. The topological polar surface area (TPSA) is 39.4 Å². The number of hydrogen-bond acceptors (Lipinski definition) is 3. The molecule has 1 heterocycles. The highest BCUT2D eigenvalue weighted by Crippen LogP contribution is 2.24. The molecule has 18 heavy (non-hydrogen) atoms. The maximum absolute atomic E-state index is 11.1. The lowest BCUT2D eigenvalue weighted by Crippen LogP contribution is -2.01. The fourth-order valence-corrected chi connectivity index (χ4v) is 2.05. The maximum atomic E-state index is 11.1. The summed E-state index contributed by atoms with van der Waals surface area (Å²) in [7, 11) is 1.42. The van der Waals surface area contributed by atoms with Crippen LogP contribution in [0.3, 0.4) is 0 Å². The zero-order valence-electron chi connectivity index (χ0n) is 12.0. The van der Waals surface area contributed by atoms with Gasteiger partial charge in [-0.3, -0.25) is 4.79 Å². The van der Waals surface area contributed by atoms with E-state index in [4.69, 9.17) is 4.42 Å². The van der Waals surface area contributed by atoms with Crippen LogP contribution in [-0.2, 0) is 22.4 Å². The second kappa shape index (κ2) is 7.24. The van der Waals surface area contributed by atoms with E-state index in [1.807, 2.05) is 0 Å². The molecule has 0 atom stereocenters. The molecule has 0 unspecified atom stereocenters. The summed E-state index contributed by atoms with van der Waals surface area (Å²) in [6, 6.07) is 0. The van der Waals surface area contributed by atoms with Crippen LogP contribution < -0.4 is 0 Å². The van der Waals surface area contributed by atoms with Crippen LogP contribution in [0.5, 0.6) is 0 Å². The van der Waals surface area contributed by atoms with Crippen molar-refractivity contribution < 1.29 is 13.9 Å². The van der Waals surface area contributed by atoms with Gasteiger partial charge in [0.25, 0.3) is 0 Å². The van der Waals surface area contributed by atoms with Crippen molar-refractivity contribution in [3.63, 3.8) is 0 Å². The number of carbonyl (C=O) groups is 1. The number of rotatable bonds is 7. The number of carbonyl (C=O) groups excluding carboxylic acids is 1. The molecule has 102 valence electrons. The molecule has 0 aliphatic rings. The first-order valence-corrected chi connectivity index (χ1v) is 6.74. The van der Waals surface area contributed by atoms with Crippen LogP contribution in [0.1, 0.15) is 55.3 Å². The lowest BCUT2D eigenvalue weighted by Gasteiger charge is -1.98. The van der Waals surface area contributed by atoms with Crippen LogP contribution in [0.2, 0.25) is 0 Å². The number of furan rings is 1. The Morgan fingerprint density at radius 1 is 1.11 bits per heavy atom. The third-order valence-electron chi connectivity index (χ3n) is 3.44. The molecule has 0 fully saturated rings. The van der Waals surface area contributed by atoms with E-state index in [0.717, 1.165) is 17.9 Å². The molecule has 0 saturated heterocycles. The summed E-state index contributed by atoms with van der Waals surface area (Å²) in [5.74, 6) is 1.83. The highest BCUT2D eigenvalue weighted by atomic mass is 16.5. The Morgan fingerprint density at radius 3 is 2.28 bits per heavy atom. The van der Waals surface area contributed by atoms with E-state index >= 15 is 0 Å². The second-order valence-corrected chi connectivity index (χ2v) is 4.73. The van der Waals surface area contributed by atoms with Crippen molar-refractivity contribution in [1.29, 1.82) is 0 Å². The molecule has 0 radical (unpaired) electrons. The molecule has 0 saturated carbocycles. The lowest BCUT2D eigenvalue weighted by molar-refractivity contribution is -0.140. The van der Waals surface area contributed by atoms with Gasteiger partial charge in [0.2, 0.25) is 0 Å². The molecule has 1 rings (SSSR count). The molecule has 0 aromatic carbocycles. The van der Waals surface area contributed by atoms with E-state index in [1.165, 1.54) is 37.5 Å². The fourth-order valence-electron chi connectivity index (χ4n) is 2.05. The standard InChI is InChI=1S/C15H24O3/c1-5-6-7-8-13-11(2)12(3)14(18-13)9-10-15(16)17-4/h5-10H2,1-4H3. The SMILES string of the molecule is CCCCCc1oc(CCC(=O)OC)c(C)c1C. The van der Waals surface area contributed by atoms with Crippen molar-refractivity contribution in [1.82, 2.24) is 0 Å². The minimum absolute atomic E-state index is 0.184. The highest BCUT2D eigenvalue weighted by molar-refractivity contribution is 5.69. The summed E-state index contributed by atoms with van der Waals surface area (Å²) in [6.45, 7) is 6.36. The monoisotopic (exact) mass is 252 g/mol. The normalized spacial score (nSPS) is 10.7. The number of aryl methyl sites for hydroxylation is 2. The molecule has 3 nitrogen and oxygen atoms in total. The molecule has 0 aliphatic carbocycles. The Morgan fingerprint density at radius 2 is 1.72 bits per heavy atom. The fraction of sp³-hybridized carbons (Fsp3) is 0.667. The van der Waals surface area contributed by atoms with E-state index in [-0.39, 0.29) is 5.97 Å². The first-order valence-electron chi connectivity index (χ1n) is 6.74. The van der Waals surface area contributed by atoms with Crippen LogP contribution in [0.4, 0.5) is 0 Å². The first-order chi connectivity index (χ1) is 8.60. The van der Waals surface area contributed by atoms with Gasteiger partial charge >= 0.3 is 5.97 Å². The van der Waals surface area contributed by atoms with Crippen LogP contribution >= 0.6 is 0 Å². The van der Waals surface area contributed by atoms with Crippen LogP contribution in [0.15, 0.2) is 4.42 Å². The number of methoxy groups -OCH3 is 1. The van der Waals surface area contributed by atoms with Gasteiger partial charge in [0.05, 0.1) is 13.5 Å². The Balaban J connectivity index is 2.63. The molecule has 0 spiro atoms. The van der Waals surface area contributed by atoms with Crippen LogP contribution in [-0.4, -0.2) is 13.1 Å². The number of unbranched alkanes of at least 4 members (excludes halogenated alkanes) is 2. The zero-order chi connectivity index (χ0) is 13.5. The molecule has 1 aromatic rings. The van der Waals surface area contributed by atoms with Crippen molar-refractivity contribution in [3.05, 3.63) is 22.6 Å². The van der Waals surface area contributed by atoms with Gasteiger partial charge in [-0.1, -0.05) is 19.8 Å². The zero-order valence-corrected chi connectivity index (χ0v) is 12.0. The van der Waals surface area contributed by atoms with Crippen molar-refractivity contribution in [2.75, 3.05) is 7.11 Å². The van der Waals surface area contributed by atoms with E-state index in [1.54, 1.807) is 0 Å². The van der Waals surface area contributed by atoms with Gasteiger partial charge in [-0.15, -0.1) is 0 Å².